The van der Waals surface area contributed by atoms with Gasteiger partial charge in [-0.2, -0.15) is 0 Å². The Labute approximate surface area is 27.3 Å². The Kier molecular flexibility index (Phi) is 27.9. The molecule has 26 valence electrons. The normalized spacial score (nSPS) is 4.50. The second-order valence-corrected chi connectivity index (χ2v) is 0.316. The second kappa shape index (κ2) is 12.3. The average Bonchev–Trinajstić information content (AvgIpc) is 0.918. The average molecular weight is 60.1 g/mol. The van der Waals surface area contributed by atoms with Gasteiger partial charge >= 0.3 is 0 Å². The van der Waals surface area contributed by atoms with Gasteiger partial charge in [0.2, 0.25) is 0 Å². The zero-order valence-corrected chi connectivity index (χ0v) is 2.86. The van der Waals surface area contributed by atoms with Gasteiger partial charge in [0.15, 0.2) is 0 Å². The smallest absolute Gasteiger partial charge is 0.0402 e. The summed E-state index contributed by atoms with van der Waals surface area (Å²) in [5.74, 6) is 0. The van der Waals surface area contributed by atoms with E-state index in [0.717, 1.165) is 0 Å². The lowest BCUT2D eigenvalue weighted by atomic mass is 10.9. The Morgan fingerprint density at radius 1 is 1.75 bits per heavy atom. The van der Waals surface area contributed by atoms with E-state index in [9.17, 15) is 0 Å². The van der Waals surface area contributed by atoms with Crippen molar-refractivity contribution >= 4 is 0 Å². The summed E-state index contributed by atoms with van der Waals surface area (Å²) in [6, 6.07) is 0. The van der Waals surface area contributed by atoms with Gasteiger partial charge < -0.3 is 5.11 Å². The van der Waals surface area contributed by atoms with Crippen LogP contribution >= 0.6 is 0 Å². The molecular weight excluding hydrogens is 52.0 g/mol. The molecule has 0 unspecified atom stereocenters. The zero-order valence-electron chi connectivity index (χ0n) is 2.86. The molecule has 0 aliphatic rings. The fraction of sp³-hybridized carbons (Fsp3) is 0.667. The maximum absolute atomic E-state index is 7.57. The summed E-state index contributed by atoms with van der Waals surface area (Å²) in [6.45, 7) is 1.93. The van der Waals surface area contributed by atoms with Gasteiger partial charge in [-0.15, -0.1) is 0 Å². The van der Waals surface area contributed by atoms with Crippen LogP contribution in [0.2, 0.25) is 0 Å². The minimum Gasteiger partial charge on any atom is -0.397 e. The molecule has 4 heavy (non-hydrogen) atoms. The molecule has 0 heterocycles. The van der Waals surface area contributed by atoms with E-state index in [1.54, 1.807) is 6.92 Å². The van der Waals surface area contributed by atoms with Gasteiger partial charge in [-0.05, 0) is 6.92 Å². The van der Waals surface area contributed by atoms with Crippen LogP contribution in [0.1, 0.15) is 6.92 Å². The molecular formula is C3H8O. The van der Waals surface area contributed by atoms with E-state index >= 15 is 0 Å². The molecule has 0 spiro atoms. The van der Waals surface area contributed by atoms with Gasteiger partial charge in [0, 0.05) is 6.61 Å². The van der Waals surface area contributed by atoms with E-state index in [1.165, 1.54) is 0 Å². The molecule has 0 aliphatic carbocycles. The summed E-state index contributed by atoms with van der Waals surface area (Å²) in [7, 11) is 0. The van der Waals surface area contributed by atoms with Crippen LogP contribution in [0.5, 0.6) is 0 Å². The third-order valence-corrected chi connectivity index (χ3v) is 0. The molecule has 0 aromatic heterocycles. The highest BCUT2D eigenvalue weighted by atomic mass is 16.2. The van der Waals surface area contributed by atoms with Gasteiger partial charge in [0.05, 0.1) is 0 Å². The lowest BCUT2D eigenvalue weighted by molar-refractivity contribution is 0.318. The summed E-state index contributed by atoms with van der Waals surface area (Å²) in [6.07, 6.45) is 0. The van der Waals surface area contributed by atoms with Crippen molar-refractivity contribution in [1.29, 1.82) is 0 Å². The summed E-state index contributed by atoms with van der Waals surface area (Å²) in [5.41, 5.74) is 0. The zero-order chi connectivity index (χ0) is 2.71. The third-order valence-electron chi connectivity index (χ3n) is 0. The molecule has 0 aromatic rings. The Morgan fingerprint density at radius 2 is 1.75 bits per heavy atom. The van der Waals surface area contributed by atoms with E-state index in [2.05, 4.69) is 0 Å². The van der Waals surface area contributed by atoms with E-state index in [1.807, 2.05) is 0 Å². The highest BCUT2D eigenvalue weighted by Crippen LogP contribution is 1.30. The van der Waals surface area contributed by atoms with Gasteiger partial charge in [-0.25, -0.2) is 0 Å². The maximum Gasteiger partial charge on any atom is 0.0402 e. The molecule has 0 atom stereocenters. The molecule has 1 nitrogen and oxygen atoms in total. The fourth-order valence-electron chi connectivity index (χ4n) is 0. The monoisotopic (exact) mass is 60.1 g/mol. The van der Waals surface area contributed by atoms with Gasteiger partial charge in [0.25, 0.3) is 0 Å². The Balaban J connectivity index is 0. The van der Waals surface area contributed by atoms with Crippen molar-refractivity contribution in [2.24, 2.45) is 0 Å². The van der Waals surface area contributed by atoms with Crippen LogP contribution in [-0.2, 0) is 0 Å². The molecule has 0 saturated carbocycles. The van der Waals surface area contributed by atoms with Gasteiger partial charge in [-0.1, -0.05) is 7.43 Å². The van der Waals surface area contributed by atoms with Crippen molar-refractivity contribution in [2.45, 2.75) is 6.92 Å². The third kappa shape index (κ3) is 1130. The van der Waals surface area contributed by atoms with E-state index in [4.69, 9.17) is 5.11 Å². The Morgan fingerprint density at radius 3 is 1.75 bits per heavy atom. The number of aliphatic hydroxyl groups excluding tert-OH is 1. The van der Waals surface area contributed by atoms with Crippen molar-refractivity contribution in [3.63, 3.8) is 0 Å². The molecule has 0 aliphatic heterocycles. The number of hydrogen-bond acceptors (Lipinski definition) is 1. The van der Waals surface area contributed by atoms with Crippen LogP contribution in [0.4, 0.5) is 0 Å². The van der Waals surface area contributed by atoms with Crippen LogP contribution in [0.25, 0.3) is 0 Å². The lowest BCUT2D eigenvalue weighted by Gasteiger charge is -1.52. The van der Waals surface area contributed by atoms with Crippen LogP contribution in [0.3, 0.4) is 0 Å². The predicted molar refractivity (Wildman–Crippen MR) is 18.1 cm³/mol. The summed E-state index contributed by atoms with van der Waals surface area (Å²) in [5, 5.41) is 7.57. The van der Waals surface area contributed by atoms with Crippen molar-refractivity contribution in [3.8, 4) is 0 Å². The maximum atomic E-state index is 7.57. The largest absolute Gasteiger partial charge is 0.397 e. The minimum absolute atomic E-state index is 0. The standard InChI is InChI=1S/C2H6O.CH2/c1-2-3;/h3H,2H2,1H3;1H2. The minimum atomic E-state index is 0. The summed E-state index contributed by atoms with van der Waals surface area (Å²) in [4.78, 5) is 0. The van der Waals surface area contributed by atoms with Crippen molar-refractivity contribution in [3.05, 3.63) is 7.43 Å². The fourth-order valence-corrected chi connectivity index (χ4v) is 0. The van der Waals surface area contributed by atoms with Crippen LogP contribution in [-0.4, -0.2) is 11.7 Å². The molecule has 0 bridgehead atoms. The van der Waals surface area contributed by atoms with Crippen molar-refractivity contribution < 1.29 is 5.11 Å². The molecule has 0 aromatic carbocycles. The SMILES string of the molecule is CCO.[CH2]. The first-order valence-corrected chi connectivity index (χ1v) is 1.02. The predicted octanol–water partition coefficient (Wildman–Crippen LogP) is 0.326. The Hall–Kier alpha value is -0.0400. The first-order valence-electron chi connectivity index (χ1n) is 1.02. The molecule has 0 fully saturated rings. The van der Waals surface area contributed by atoms with E-state index in [0.29, 0.717) is 0 Å². The summed E-state index contributed by atoms with van der Waals surface area (Å²) >= 11 is 0. The first kappa shape index (κ1) is 9.03. The number of aliphatic hydroxyl groups is 1. The van der Waals surface area contributed by atoms with Crippen LogP contribution < -0.4 is 0 Å². The number of hydrogen-bond donors (Lipinski definition) is 1. The quantitative estimate of drug-likeness (QED) is 0.427. The van der Waals surface area contributed by atoms with Crippen LogP contribution in [0, 0.1) is 7.43 Å². The molecule has 0 rings (SSSR count). The Bertz CT molecular complexity index is 3.25. The second-order valence-electron chi connectivity index (χ2n) is 0.316. The van der Waals surface area contributed by atoms with Gasteiger partial charge in [0.1, 0.15) is 0 Å². The highest BCUT2D eigenvalue weighted by molar-refractivity contribution is 3.84. The highest BCUT2D eigenvalue weighted by Gasteiger charge is 1.34. The topological polar surface area (TPSA) is 20.2 Å². The molecule has 0 saturated heterocycles. The summed E-state index contributed by atoms with van der Waals surface area (Å²) < 4.78 is 0. The molecule has 2 radical (unpaired) electrons. The van der Waals surface area contributed by atoms with Crippen molar-refractivity contribution in [1.82, 2.24) is 0 Å². The number of rotatable bonds is 0. The first-order chi connectivity index (χ1) is 1.41. The van der Waals surface area contributed by atoms with Crippen LogP contribution in [0.15, 0.2) is 0 Å². The molecule has 0 amide bonds. The van der Waals surface area contributed by atoms with E-state index in [-0.39, 0.29) is 14.0 Å². The lowest BCUT2D eigenvalue weighted by Crippen LogP contribution is -1.57. The van der Waals surface area contributed by atoms with E-state index < -0.39 is 0 Å². The van der Waals surface area contributed by atoms with Gasteiger partial charge in [-0.3, -0.25) is 0 Å². The molecule has 1 heteroatoms. The van der Waals surface area contributed by atoms with Crippen molar-refractivity contribution in [2.75, 3.05) is 6.61 Å². The molecule has 1 N–H and O–H groups in total.